The molecule has 0 aliphatic heterocycles. The molecule has 1 atom stereocenters. The minimum atomic E-state index is -1.03. The van der Waals surface area contributed by atoms with Crippen molar-refractivity contribution in [2.24, 2.45) is 0 Å². The summed E-state index contributed by atoms with van der Waals surface area (Å²) < 4.78 is 19.0. The molecule has 0 aliphatic carbocycles. The Hall–Kier alpha value is -1.99. The van der Waals surface area contributed by atoms with E-state index in [4.69, 9.17) is 9.84 Å². The largest absolute Gasteiger partial charge is 0.481 e. The molecule has 0 spiro atoms. The van der Waals surface area contributed by atoms with Crippen molar-refractivity contribution in [3.63, 3.8) is 0 Å². The minimum absolute atomic E-state index is 0.0730. The number of rotatable bonds is 6. The summed E-state index contributed by atoms with van der Waals surface area (Å²) in [5.41, 5.74) is -0.275. The first-order valence-electron chi connectivity index (χ1n) is 6.97. The number of carboxylic acids is 1. The van der Waals surface area contributed by atoms with Gasteiger partial charge in [-0.15, -0.1) is 11.3 Å². The number of carbonyl (C=O) groups excluding carboxylic acids is 1. The van der Waals surface area contributed by atoms with Crippen LogP contribution in [-0.2, 0) is 9.53 Å². The first-order valence-corrected chi connectivity index (χ1v) is 7.79. The lowest BCUT2D eigenvalue weighted by atomic mass is 9.98. The van der Waals surface area contributed by atoms with Gasteiger partial charge in [-0.3, -0.25) is 9.59 Å². The van der Waals surface area contributed by atoms with Gasteiger partial charge in [0, 0.05) is 11.8 Å². The number of thiophene rings is 1. The SMILES string of the molecule is COCC(C)(CC(=O)O)NC(=O)c1sc2cc(F)ccc2c1C. The summed E-state index contributed by atoms with van der Waals surface area (Å²) in [4.78, 5) is 24.0. The van der Waals surface area contributed by atoms with Crippen molar-refractivity contribution in [1.29, 1.82) is 0 Å². The fraction of sp³-hybridized carbons (Fsp3) is 0.375. The van der Waals surface area contributed by atoms with E-state index in [-0.39, 0.29) is 24.8 Å². The number of methoxy groups -OCH3 is 1. The van der Waals surface area contributed by atoms with Crippen LogP contribution < -0.4 is 5.32 Å². The van der Waals surface area contributed by atoms with E-state index < -0.39 is 11.5 Å². The van der Waals surface area contributed by atoms with E-state index in [1.165, 1.54) is 30.6 Å². The normalized spacial score (nSPS) is 13.7. The van der Waals surface area contributed by atoms with Gasteiger partial charge in [0.15, 0.2) is 0 Å². The van der Waals surface area contributed by atoms with E-state index >= 15 is 0 Å². The zero-order valence-electron chi connectivity index (χ0n) is 13.1. The minimum Gasteiger partial charge on any atom is -0.481 e. The number of fused-ring (bicyclic) bond motifs is 1. The molecule has 0 radical (unpaired) electrons. The zero-order chi connectivity index (χ0) is 17.2. The number of benzene rings is 1. The Labute approximate surface area is 137 Å². The van der Waals surface area contributed by atoms with Crippen LogP contribution in [0, 0.1) is 12.7 Å². The van der Waals surface area contributed by atoms with Crippen LogP contribution in [-0.4, -0.2) is 36.2 Å². The van der Waals surface area contributed by atoms with E-state index in [2.05, 4.69) is 5.32 Å². The first-order chi connectivity index (χ1) is 10.8. The van der Waals surface area contributed by atoms with Gasteiger partial charge in [0.25, 0.3) is 5.91 Å². The van der Waals surface area contributed by atoms with Gasteiger partial charge in [-0.1, -0.05) is 6.07 Å². The number of nitrogens with one attached hydrogen (secondary N) is 1. The maximum atomic E-state index is 13.3. The Morgan fingerprint density at radius 2 is 2.13 bits per heavy atom. The number of hydrogen-bond acceptors (Lipinski definition) is 4. The second-order valence-corrected chi connectivity index (χ2v) is 6.77. The van der Waals surface area contributed by atoms with Crippen LogP contribution in [0.2, 0.25) is 0 Å². The van der Waals surface area contributed by atoms with Crippen LogP contribution in [0.25, 0.3) is 10.1 Å². The topological polar surface area (TPSA) is 75.6 Å². The third-order valence-electron chi connectivity index (χ3n) is 3.53. The number of aliphatic carboxylic acids is 1. The standard InChI is InChI=1S/C16H18FNO4S/c1-9-11-5-4-10(17)6-12(11)23-14(9)15(21)18-16(2,8-22-3)7-13(19)20/h4-6H,7-8H2,1-3H3,(H,18,21)(H,19,20). The van der Waals surface area contributed by atoms with Gasteiger partial charge < -0.3 is 15.2 Å². The third kappa shape index (κ3) is 3.86. The smallest absolute Gasteiger partial charge is 0.305 e. The molecule has 2 N–H and O–H groups in total. The van der Waals surface area contributed by atoms with Crippen LogP contribution in [0.1, 0.15) is 28.6 Å². The van der Waals surface area contributed by atoms with Crippen LogP contribution >= 0.6 is 11.3 Å². The Balaban J connectivity index is 2.32. The van der Waals surface area contributed by atoms with Crippen molar-refractivity contribution < 1.29 is 23.8 Å². The van der Waals surface area contributed by atoms with E-state index in [0.717, 1.165) is 10.9 Å². The molecule has 1 aromatic heterocycles. The molecule has 0 fully saturated rings. The molecule has 0 aliphatic rings. The van der Waals surface area contributed by atoms with Crippen molar-refractivity contribution >= 4 is 33.3 Å². The number of amides is 1. The summed E-state index contributed by atoms with van der Waals surface area (Å²) in [6.07, 6.45) is -0.259. The fourth-order valence-electron chi connectivity index (χ4n) is 2.53. The van der Waals surface area contributed by atoms with Crippen LogP contribution in [0.5, 0.6) is 0 Å². The molecule has 7 heteroatoms. The van der Waals surface area contributed by atoms with E-state index in [1.54, 1.807) is 19.9 Å². The fourth-order valence-corrected chi connectivity index (χ4v) is 3.66. The number of carbonyl (C=O) groups is 2. The molecule has 1 heterocycles. The highest BCUT2D eigenvalue weighted by atomic mass is 32.1. The Morgan fingerprint density at radius 3 is 2.74 bits per heavy atom. The van der Waals surface area contributed by atoms with Gasteiger partial charge in [0.1, 0.15) is 5.82 Å². The molecule has 23 heavy (non-hydrogen) atoms. The lowest BCUT2D eigenvalue weighted by molar-refractivity contribution is -0.139. The van der Waals surface area contributed by atoms with E-state index in [1.807, 2.05) is 0 Å². The summed E-state index contributed by atoms with van der Waals surface area (Å²) in [5.74, 6) is -1.77. The average molecular weight is 339 g/mol. The molecule has 1 aromatic carbocycles. The monoisotopic (exact) mass is 339 g/mol. The first kappa shape index (κ1) is 17.4. The van der Waals surface area contributed by atoms with E-state index in [0.29, 0.717) is 9.58 Å². The lowest BCUT2D eigenvalue weighted by Crippen LogP contribution is -2.50. The summed E-state index contributed by atoms with van der Waals surface area (Å²) in [5, 5.41) is 12.6. The third-order valence-corrected chi connectivity index (χ3v) is 4.78. The predicted octanol–water partition coefficient (Wildman–Crippen LogP) is 2.96. The second kappa shape index (κ2) is 6.64. The number of ether oxygens (including phenoxy) is 1. The summed E-state index contributed by atoms with van der Waals surface area (Å²) in [7, 11) is 1.44. The highest BCUT2D eigenvalue weighted by molar-refractivity contribution is 7.21. The molecular weight excluding hydrogens is 321 g/mol. The average Bonchev–Trinajstić information content (AvgIpc) is 2.74. The number of hydrogen-bond donors (Lipinski definition) is 2. The summed E-state index contributed by atoms with van der Waals surface area (Å²) >= 11 is 1.18. The molecule has 0 saturated carbocycles. The quantitative estimate of drug-likeness (QED) is 0.848. The molecule has 1 unspecified atom stereocenters. The van der Waals surface area contributed by atoms with Crippen molar-refractivity contribution in [2.45, 2.75) is 25.8 Å². The van der Waals surface area contributed by atoms with Crippen LogP contribution in [0.3, 0.4) is 0 Å². The second-order valence-electron chi connectivity index (χ2n) is 5.71. The number of halogens is 1. The molecule has 0 bridgehead atoms. The van der Waals surface area contributed by atoms with Crippen molar-refractivity contribution in [1.82, 2.24) is 5.32 Å². The highest BCUT2D eigenvalue weighted by Gasteiger charge is 2.31. The molecule has 0 saturated heterocycles. The molecular formula is C16H18FNO4S. The van der Waals surface area contributed by atoms with Gasteiger partial charge >= 0.3 is 5.97 Å². The van der Waals surface area contributed by atoms with Crippen LogP contribution in [0.15, 0.2) is 18.2 Å². The van der Waals surface area contributed by atoms with Gasteiger partial charge in [0.2, 0.25) is 0 Å². The van der Waals surface area contributed by atoms with Gasteiger partial charge in [-0.25, -0.2) is 4.39 Å². The van der Waals surface area contributed by atoms with E-state index in [9.17, 15) is 14.0 Å². The Morgan fingerprint density at radius 1 is 1.43 bits per heavy atom. The Kier molecular flexibility index (Phi) is 5.01. The highest BCUT2D eigenvalue weighted by Crippen LogP contribution is 2.31. The van der Waals surface area contributed by atoms with Crippen molar-refractivity contribution in [3.8, 4) is 0 Å². The van der Waals surface area contributed by atoms with Gasteiger partial charge in [0.05, 0.1) is 23.4 Å². The molecule has 2 aromatic rings. The van der Waals surface area contributed by atoms with Crippen LogP contribution in [0.4, 0.5) is 4.39 Å². The summed E-state index contributed by atoms with van der Waals surface area (Å²) in [6.45, 7) is 3.48. The lowest BCUT2D eigenvalue weighted by Gasteiger charge is -2.28. The van der Waals surface area contributed by atoms with Crippen molar-refractivity contribution in [3.05, 3.63) is 34.5 Å². The van der Waals surface area contributed by atoms with Gasteiger partial charge in [-0.05, 0) is 36.9 Å². The maximum Gasteiger partial charge on any atom is 0.305 e. The molecule has 5 nitrogen and oxygen atoms in total. The Bertz CT molecular complexity index is 758. The number of aryl methyl sites for hydroxylation is 1. The maximum absolute atomic E-state index is 13.3. The predicted molar refractivity (Wildman–Crippen MR) is 86.5 cm³/mol. The number of carboxylic acid groups (broad SMARTS) is 1. The molecule has 1 amide bonds. The van der Waals surface area contributed by atoms with Crippen molar-refractivity contribution in [2.75, 3.05) is 13.7 Å². The van der Waals surface area contributed by atoms with Gasteiger partial charge in [-0.2, -0.15) is 0 Å². The summed E-state index contributed by atoms with van der Waals surface area (Å²) in [6, 6.07) is 4.37. The molecule has 2 rings (SSSR count). The molecule has 124 valence electrons. The zero-order valence-corrected chi connectivity index (χ0v) is 13.9.